The van der Waals surface area contributed by atoms with Crippen molar-refractivity contribution in [2.45, 2.75) is 39.0 Å². The quantitative estimate of drug-likeness (QED) is 0.723. The molecule has 1 aliphatic rings. The summed E-state index contributed by atoms with van der Waals surface area (Å²) in [6.45, 7) is 2.23. The van der Waals surface area contributed by atoms with Crippen LogP contribution in [0.25, 0.3) is 10.9 Å². The highest BCUT2D eigenvalue weighted by atomic mass is 15.1. The van der Waals surface area contributed by atoms with Gasteiger partial charge in [-0.1, -0.05) is 44.4 Å². The topological polar surface area (TPSA) is 39.4 Å². The van der Waals surface area contributed by atoms with E-state index in [9.17, 15) is 0 Å². The van der Waals surface area contributed by atoms with E-state index in [-0.39, 0.29) is 0 Å². The van der Waals surface area contributed by atoms with E-state index in [1.165, 1.54) is 25.7 Å². The summed E-state index contributed by atoms with van der Waals surface area (Å²) in [5, 5.41) is 5.79. The lowest BCUT2D eigenvalue weighted by Crippen LogP contribution is -2.06. The molecule has 2 heterocycles. The third kappa shape index (κ3) is 2.46. The highest BCUT2D eigenvalue weighted by Gasteiger charge is 2.18. The summed E-state index contributed by atoms with van der Waals surface area (Å²) >= 11 is 0. The van der Waals surface area contributed by atoms with E-state index < -0.39 is 0 Å². The number of nitrogens with zero attached hydrogens (tertiary/aromatic N) is 3. The largest absolute Gasteiger partial charge is 0.254 e. The van der Waals surface area contributed by atoms with Crippen molar-refractivity contribution in [3.63, 3.8) is 0 Å². The molecule has 0 fully saturated rings. The van der Waals surface area contributed by atoms with Crippen molar-refractivity contribution in [2.24, 2.45) is 4.99 Å². The second kappa shape index (κ2) is 5.39. The number of benzene rings is 1. The van der Waals surface area contributed by atoms with Crippen molar-refractivity contribution in [1.82, 2.24) is 10.3 Å². The van der Waals surface area contributed by atoms with Crippen molar-refractivity contribution in [3.05, 3.63) is 30.5 Å². The molecule has 0 unspecified atom stereocenters. The molecule has 0 bridgehead atoms. The van der Waals surface area contributed by atoms with Gasteiger partial charge >= 0.3 is 0 Å². The Morgan fingerprint density at radius 1 is 1.05 bits per heavy atom. The number of amidine groups is 1. The van der Waals surface area contributed by atoms with Crippen LogP contribution in [0.2, 0.25) is 0 Å². The van der Waals surface area contributed by atoms with Gasteiger partial charge in [-0.2, -0.15) is 0 Å². The van der Waals surface area contributed by atoms with Crippen molar-refractivity contribution in [2.75, 3.05) is 0 Å². The summed E-state index contributed by atoms with van der Waals surface area (Å²) in [4.78, 5) is 9.02. The standard InChI is InChI=1S/C16H18N3/c1-2-3-4-5-10-15-18-14-11-17-13-9-7-6-8-12(13)16(14)19-15/h6-9,11H,2-5,10H2,1H3. The van der Waals surface area contributed by atoms with Gasteiger partial charge < -0.3 is 0 Å². The minimum atomic E-state index is 0.921. The van der Waals surface area contributed by atoms with Crippen LogP contribution in [-0.4, -0.2) is 10.8 Å². The molecule has 3 rings (SSSR count). The molecule has 97 valence electrons. The predicted molar refractivity (Wildman–Crippen MR) is 79.4 cm³/mol. The first kappa shape index (κ1) is 12.2. The summed E-state index contributed by atoms with van der Waals surface area (Å²) in [5.41, 5.74) is 2.91. The molecule has 0 saturated heterocycles. The summed E-state index contributed by atoms with van der Waals surface area (Å²) < 4.78 is 0. The Morgan fingerprint density at radius 2 is 1.95 bits per heavy atom. The molecule has 1 aromatic heterocycles. The highest BCUT2D eigenvalue weighted by Crippen LogP contribution is 2.36. The first-order valence-electron chi connectivity index (χ1n) is 7.05. The predicted octanol–water partition coefficient (Wildman–Crippen LogP) is 4.48. The molecule has 0 saturated carbocycles. The summed E-state index contributed by atoms with van der Waals surface area (Å²) in [5.74, 6) is 0.962. The number of hydrogen-bond acceptors (Lipinski definition) is 2. The summed E-state index contributed by atoms with van der Waals surface area (Å²) in [6.07, 6.45) is 7.81. The summed E-state index contributed by atoms with van der Waals surface area (Å²) in [6, 6.07) is 8.12. The van der Waals surface area contributed by atoms with Crippen LogP contribution in [-0.2, 0) is 0 Å². The first-order chi connectivity index (χ1) is 9.38. The fourth-order valence-corrected chi connectivity index (χ4v) is 2.43. The molecule has 1 aromatic carbocycles. The fraction of sp³-hybridized carbons (Fsp3) is 0.375. The van der Waals surface area contributed by atoms with E-state index >= 15 is 0 Å². The Kier molecular flexibility index (Phi) is 3.45. The second-order valence-corrected chi connectivity index (χ2v) is 4.96. The van der Waals surface area contributed by atoms with Crippen molar-refractivity contribution in [1.29, 1.82) is 0 Å². The van der Waals surface area contributed by atoms with Gasteiger partial charge in [0.1, 0.15) is 17.2 Å². The Labute approximate surface area is 113 Å². The minimum absolute atomic E-state index is 0.921. The smallest absolute Gasteiger partial charge is 0.129 e. The van der Waals surface area contributed by atoms with Crippen molar-refractivity contribution >= 4 is 28.1 Å². The Bertz CT molecular complexity index is 616. The van der Waals surface area contributed by atoms with E-state index in [1.54, 1.807) is 0 Å². The van der Waals surface area contributed by atoms with Crippen molar-refractivity contribution < 1.29 is 0 Å². The van der Waals surface area contributed by atoms with Gasteiger partial charge in [0, 0.05) is 11.8 Å². The second-order valence-electron chi connectivity index (χ2n) is 4.96. The molecule has 1 aliphatic heterocycles. The first-order valence-corrected chi connectivity index (χ1v) is 7.05. The SMILES string of the molecule is CCCCCCC1=Nc2cnc3ccccc3c2[N]1. The Morgan fingerprint density at radius 3 is 2.84 bits per heavy atom. The number of fused-ring (bicyclic) bond motifs is 3. The normalized spacial score (nSPS) is 13.2. The van der Waals surface area contributed by atoms with Gasteiger partial charge in [0.05, 0.1) is 11.7 Å². The van der Waals surface area contributed by atoms with Gasteiger partial charge in [0.25, 0.3) is 0 Å². The lowest BCUT2D eigenvalue weighted by molar-refractivity contribution is 0.680. The van der Waals surface area contributed by atoms with Crippen molar-refractivity contribution in [3.8, 4) is 0 Å². The number of hydrogen-bond donors (Lipinski definition) is 0. The molecule has 1 radical (unpaired) electrons. The Hall–Kier alpha value is -1.90. The van der Waals surface area contributed by atoms with Gasteiger partial charge in [-0.15, -0.1) is 0 Å². The van der Waals surface area contributed by atoms with Gasteiger partial charge in [-0.25, -0.2) is 10.3 Å². The average molecular weight is 252 g/mol. The van der Waals surface area contributed by atoms with Crippen LogP contribution in [0.5, 0.6) is 0 Å². The van der Waals surface area contributed by atoms with Gasteiger partial charge in [0.15, 0.2) is 0 Å². The Balaban J connectivity index is 1.76. The number of aliphatic imine (C=N–C) groups is 1. The molecule has 0 spiro atoms. The molecule has 0 atom stereocenters. The van der Waals surface area contributed by atoms with Gasteiger partial charge in [-0.3, -0.25) is 4.98 Å². The summed E-state index contributed by atoms with van der Waals surface area (Å²) in [7, 11) is 0. The zero-order valence-corrected chi connectivity index (χ0v) is 11.3. The monoisotopic (exact) mass is 252 g/mol. The molecule has 3 heteroatoms. The third-order valence-corrected chi connectivity index (χ3v) is 3.47. The zero-order chi connectivity index (χ0) is 13.1. The van der Waals surface area contributed by atoms with Crippen LogP contribution >= 0.6 is 0 Å². The lowest BCUT2D eigenvalue weighted by Gasteiger charge is -2.03. The van der Waals surface area contributed by atoms with Crippen LogP contribution in [0.3, 0.4) is 0 Å². The average Bonchev–Trinajstić information content (AvgIpc) is 2.87. The zero-order valence-electron chi connectivity index (χ0n) is 11.3. The number of unbranched alkanes of at least 4 members (excludes halogenated alkanes) is 3. The van der Waals surface area contributed by atoms with Crippen LogP contribution in [0, 0.1) is 0 Å². The molecule has 19 heavy (non-hydrogen) atoms. The number of rotatable bonds is 5. The molecule has 2 aromatic rings. The van der Waals surface area contributed by atoms with Crippen LogP contribution in [0.1, 0.15) is 39.0 Å². The molecular weight excluding hydrogens is 234 g/mol. The minimum Gasteiger partial charge on any atom is -0.254 e. The number of pyridine rings is 1. The van der Waals surface area contributed by atoms with Gasteiger partial charge in [0.2, 0.25) is 0 Å². The third-order valence-electron chi connectivity index (χ3n) is 3.47. The molecule has 0 amide bonds. The maximum Gasteiger partial charge on any atom is 0.129 e. The van der Waals surface area contributed by atoms with E-state index in [2.05, 4.69) is 28.3 Å². The number of aromatic nitrogens is 1. The fourth-order valence-electron chi connectivity index (χ4n) is 2.43. The van der Waals surface area contributed by atoms with E-state index in [4.69, 9.17) is 0 Å². The highest BCUT2D eigenvalue weighted by molar-refractivity contribution is 6.05. The van der Waals surface area contributed by atoms with Crippen LogP contribution in [0.15, 0.2) is 35.5 Å². The molecule has 3 nitrogen and oxygen atoms in total. The van der Waals surface area contributed by atoms with Crippen LogP contribution in [0.4, 0.5) is 11.4 Å². The van der Waals surface area contributed by atoms with E-state index in [0.29, 0.717) is 0 Å². The van der Waals surface area contributed by atoms with E-state index in [0.717, 1.165) is 34.5 Å². The van der Waals surface area contributed by atoms with Crippen LogP contribution < -0.4 is 5.32 Å². The maximum atomic E-state index is 4.69. The lowest BCUT2D eigenvalue weighted by atomic mass is 10.1. The van der Waals surface area contributed by atoms with E-state index in [1.807, 2.05) is 24.4 Å². The molecule has 0 aliphatic carbocycles. The maximum absolute atomic E-state index is 4.69. The van der Waals surface area contributed by atoms with Gasteiger partial charge in [-0.05, 0) is 12.5 Å². The number of para-hydroxylation sites is 1. The molecular formula is C16H18N3. The molecule has 0 N–H and O–H groups in total.